The molecule has 27 heavy (non-hydrogen) atoms. The van der Waals surface area contributed by atoms with Crippen molar-refractivity contribution in [2.45, 2.75) is 25.7 Å². The van der Waals surface area contributed by atoms with Gasteiger partial charge in [0, 0.05) is 20.1 Å². The zero-order valence-corrected chi connectivity index (χ0v) is 15.5. The molecule has 2 unspecified atom stereocenters. The van der Waals surface area contributed by atoms with E-state index in [9.17, 15) is 4.39 Å². The average Bonchev–Trinajstić information content (AvgIpc) is 2.69. The highest BCUT2D eigenvalue weighted by molar-refractivity contribution is 5.80. The molecule has 0 amide bonds. The van der Waals surface area contributed by atoms with E-state index < -0.39 is 0 Å². The Balaban J connectivity index is 1.66. The minimum atomic E-state index is -0.251. The summed E-state index contributed by atoms with van der Waals surface area (Å²) in [5, 5.41) is 12.3. The van der Waals surface area contributed by atoms with Crippen LogP contribution in [0.15, 0.2) is 53.5 Å². The molecule has 0 aliphatic carbocycles. The zero-order valence-electron chi connectivity index (χ0n) is 15.5. The fourth-order valence-electron chi connectivity index (χ4n) is 3.20. The molecule has 1 saturated heterocycles. The molecule has 140 valence electrons. The minimum Gasteiger partial charge on any atom is -0.367 e. The summed E-state index contributed by atoms with van der Waals surface area (Å²) in [7, 11) is 1.76. The third kappa shape index (κ3) is 4.83. The van der Waals surface area contributed by atoms with Crippen molar-refractivity contribution in [1.82, 2.24) is 10.2 Å². The van der Waals surface area contributed by atoms with E-state index in [0.29, 0.717) is 18.7 Å². The summed E-state index contributed by atoms with van der Waals surface area (Å²) >= 11 is 0. The van der Waals surface area contributed by atoms with Crippen LogP contribution in [0.5, 0.6) is 0 Å². The lowest BCUT2D eigenvalue weighted by atomic mass is 10.1. The van der Waals surface area contributed by atoms with E-state index in [4.69, 9.17) is 10.00 Å². The van der Waals surface area contributed by atoms with Crippen molar-refractivity contribution < 1.29 is 9.13 Å². The van der Waals surface area contributed by atoms with Gasteiger partial charge in [-0.25, -0.2) is 4.39 Å². The topological polar surface area (TPSA) is 60.7 Å². The second-order valence-corrected chi connectivity index (χ2v) is 6.60. The van der Waals surface area contributed by atoms with Gasteiger partial charge < -0.3 is 15.0 Å². The number of nitrogens with one attached hydrogen (secondary N) is 1. The third-order valence-corrected chi connectivity index (χ3v) is 4.55. The Kier molecular flexibility index (Phi) is 6.05. The number of aliphatic imine (C=N–C) groups is 1. The van der Waals surface area contributed by atoms with Gasteiger partial charge in [0.2, 0.25) is 0 Å². The predicted molar refractivity (Wildman–Crippen MR) is 103 cm³/mol. The maximum absolute atomic E-state index is 13.2. The van der Waals surface area contributed by atoms with E-state index in [1.165, 1.54) is 12.1 Å². The highest BCUT2D eigenvalue weighted by atomic mass is 19.1. The van der Waals surface area contributed by atoms with Crippen LogP contribution in [0.25, 0.3) is 0 Å². The summed E-state index contributed by atoms with van der Waals surface area (Å²) in [5.41, 5.74) is 2.68. The number of hydrogen-bond donors (Lipinski definition) is 1. The summed E-state index contributed by atoms with van der Waals surface area (Å²) in [4.78, 5) is 6.56. The number of nitriles is 1. The molecule has 0 saturated carbocycles. The number of benzene rings is 2. The molecule has 0 aromatic heterocycles. The van der Waals surface area contributed by atoms with Crippen LogP contribution in [0.4, 0.5) is 4.39 Å². The van der Waals surface area contributed by atoms with Gasteiger partial charge in [0.05, 0.1) is 24.3 Å². The van der Waals surface area contributed by atoms with Gasteiger partial charge in [0.15, 0.2) is 5.96 Å². The van der Waals surface area contributed by atoms with E-state index in [0.717, 1.165) is 23.6 Å². The first-order valence-corrected chi connectivity index (χ1v) is 8.94. The molecule has 2 aromatic rings. The monoisotopic (exact) mass is 366 g/mol. The Morgan fingerprint density at radius 2 is 1.93 bits per heavy atom. The van der Waals surface area contributed by atoms with Crippen LogP contribution >= 0.6 is 0 Å². The van der Waals surface area contributed by atoms with Crippen molar-refractivity contribution in [1.29, 1.82) is 5.26 Å². The summed E-state index contributed by atoms with van der Waals surface area (Å²) < 4.78 is 19.2. The zero-order chi connectivity index (χ0) is 19.2. The van der Waals surface area contributed by atoms with Crippen LogP contribution in [-0.4, -0.2) is 37.1 Å². The fraction of sp³-hybridized carbons (Fsp3) is 0.333. The standard InChI is InChI=1S/C21H23FN4O/c1-15-13-26(14-20(27-15)18-7-9-19(22)10-8-18)21(24-2)25-12-17-5-3-16(11-23)4-6-17/h3-10,15,20H,12-14H2,1-2H3,(H,24,25). The van der Waals surface area contributed by atoms with Gasteiger partial charge in [-0.2, -0.15) is 5.26 Å². The van der Waals surface area contributed by atoms with E-state index in [1.807, 2.05) is 19.1 Å². The Bertz CT molecular complexity index is 827. The first-order chi connectivity index (χ1) is 13.1. The molecule has 2 atom stereocenters. The summed E-state index contributed by atoms with van der Waals surface area (Å²) in [6.07, 6.45) is -0.106. The maximum Gasteiger partial charge on any atom is 0.194 e. The molecule has 1 aliphatic heterocycles. The molecule has 0 radical (unpaired) electrons. The molecule has 6 heteroatoms. The fourth-order valence-corrected chi connectivity index (χ4v) is 3.20. The van der Waals surface area contributed by atoms with Gasteiger partial charge in [-0.3, -0.25) is 4.99 Å². The summed E-state index contributed by atoms with van der Waals surface area (Å²) in [6, 6.07) is 16.1. The molecular formula is C21H23FN4O. The predicted octanol–water partition coefficient (Wildman–Crippen LogP) is 3.23. The SMILES string of the molecule is CN=C(NCc1ccc(C#N)cc1)N1CC(C)OC(c2ccc(F)cc2)C1. The van der Waals surface area contributed by atoms with Gasteiger partial charge >= 0.3 is 0 Å². The first-order valence-electron chi connectivity index (χ1n) is 8.94. The molecule has 1 fully saturated rings. The van der Waals surface area contributed by atoms with Crippen LogP contribution in [-0.2, 0) is 11.3 Å². The van der Waals surface area contributed by atoms with Crippen molar-refractivity contribution in [2.24, 2.45) is 4.99 Å². The number of hydrogen-bond acceptors (Lipinski definition) is 3. The minimum absolute atomic E-state index is 0.0299. The number of rotatable bonds is 3. The normalized spacial score (nSPS) is 20.2. The number of ether oxygens (including phenoxy) is 1. The highest BCUT2D eigenvalue weighted by Crippen LogP contribution is 2.25. The lowest BCUT2D eigenvalue weighted by molar-refractivity contribution is -0.0605. The number of guanidine groups is 1. The maximum atomic E-state index is 13.2. The van der Waals surface area contributed by atoms with E-state index in [2.05, 4.69) is 21.3 Å². The smallest absolute Gasteiger partial charge is 0.194 e. The van der Waals surface area contributed by atoms with Crippen LogP contribution in [0.1, 0.15) is 29.7 Å². The molecule has 2 aromatic carbocycles. The van der Waals surface area contributed by atoms with Crippen molar-refractivity contribution in [2.75, 3.05) is 20.1 Å². The summed E-state index contributed by atoms with van der Waals surface area (Å²) in [5.74, 6) is 0.543. The van der Waals surface area contributed by atoms with Crippen molar-refractivity contribution in [3.05, 3.63) is 71.0 Å². The van der Waals surface area contributed by atoms with Gasteiger partial charge in [0.25, 0.3) is 0 Å². The van der Waals surface area contributed by atoms with E-state index in [1.54, 1.807) is 31.3 Å². The molecule has 3 rings (SSSR count). The van der Waals surface area contributed by atoms with Crippen LogP contribution in [0.2, 0.25) is 0 Å². The third-order valence-electron chi connectivity index (χ3n) is 4.55. The van der Waals surface area contributed by atoms with Gasteiger partial charge in [0.1, 0.15) is 11.9 Å². The highest BCUT2D eigenvalue weighted by Gasteiger charge is 2.28. The Hall–Kier alpha value is -2.91. The van der Waals surface area contributed by atoms with Crippen molar-refractivity contribution in [3.63, 3.8) is 0 Å². The lowest BCUT2D eigenvalue weighted by Crippen LogP contribution is -2.50. The Morgan fingerprint density at radius 3 is 2.56 bits per heavy atom. The number of morpholine rings is 1. The first kappa shape index (κ1) is 18.9. The molecule has 1 N–H and O–H groups in total. The van der Waals surface area contributed by atoms with Crippen molar-refractivity contribution in [3.8, 4) is 6.07 Å². The molecule has 0 spiro atoms. The van der Waals surface area contributed by atoms with Crippen LogP contribution in [0, 0.1) is 17.1 Å². The molecule has 1 aliphatic rings. The number of halogens is 1. The second-order valence-electron chi connectivity index (χ2n) is 6.60. The van der Waals surface area contributed by atoms with Gasteiger partial charge in [-0.1, -0.05) is 24.3 Å². The Labute approximate surface area is 159 Å². The molecule has 5 nitrogen and oxygen atoms in total. The van der Waals surface area contributed by atoms with Crippen LogP contribution in [0.3, 0.4) is 0 Å². The molecule has 1 heterocycles. The van der Waals surface area contributed by atoms with E-state index in [-0.39, 0.29) is 18.0 Å². The molecule has 0 bridgehead atoms. The summed E-state index contributed by atoms with van der Waals surface area (Å²) in [6.45, 7) is 4.01. The van der Waals surface area contributed by atoms with Gasteiger partial charge in [-0.05, 0) is 42.3 Å². The lowest BCUT2D eigenvalue weighted by Gasteiger charge is -2.38. The largest absolute Gasteiger partial charge is 0.367 e. The van der Waals surface area contributed by atoms with Gasteiger partial charge in [-0.15, -0.1) is 0 Å². The average molecular weight is 366 g/mol. The second kappa shape index (κ2) is 8.65. The van der Waals surface area contributed by atoms with Crippen molar-refractivity contribution >= 4 is 5.96 Å². The quantitative estimate of drug-likeness (QED) is 0.669. The van der Waals surface area contributed by atoms with E-state index >= 15 is 0 Å². The molecular weight excluding hydrogens is 343 g/mol. The van der Waals surface area contributed by atoms with Crippen LogP contribution < -0.4 is 5.32 Å². The number of nitrogens with zero attached hydrogens (tertiary/aromatic N) is 3. The Morgan fingerprint density at radius 1 is 1.22 bits per heavy atom.